The standard InChI is InChI=1S/C14H18F3NOS2/c15-14(16,17)21-12-3-1-11(2-4-12)9-18-10-13(19)5-7-20-8-6-13/h1-4,18-19H,5-10H2. The number of rotatable bonds is 5. The largest absolute Gasteiger partial charge is 0.446 e. The van der Waals surface area contributed by atoms with E-state index in [-0.39, 0.29) is 16.7 Å². The maximum Gasteiger partial charge on any atom is 0.446 e. The zero-order chi connectivity index (χ0) is 15.3. The van der Waals surface area contributed by atoms with Crippen LogP contribution in [0.2, 0.25) is 0 Å². The van der Waals surface area contributed by atoms with Crippen LogP contribution < -0.4 is 5.32 Å². The molecular formula is C14H18F3NOS2. The highest BCUT2D eigenvalue weighted by atomic mass is 32.2. The fraction of sp³-hybridized carbons (Fsp3) is 0.571. The minimum absolute atomic E-state index is 0.107. The van der Waals surface area contributed by atoms with Crippen LogP contribution in [0.5, 0.6) is 0 Å². The molecule has 0 saturated carbocycles. The van der Waals surface area contributed by atoms with Crippen molar-refractivity contribution in [3.8, 4) is 0 Å². The third-order valence-electron chi connectivity index (χ3n) is 3.36. The first-order chi connectivity index (χ1) is 9.86. The van der Waals surface area contributed by atoms with Crippen LogP contribution in [0, 0.1) is 0 Å². The minimum atomic E-state index is -4.25. The van der Waals surface area contributed by atoms with Crippen molar-refractivity contribution in [2.45, 2.75) is 35.4 Å². The van der Waals surface area contributed by atoms with E-state index in [1.807, 2.05) is 11.8 Å². The van der Waals surface area contributed by atoms with Gasteiger partial charge in [0.25, 0.3) is 0 Å². The number of nitrogens with one attached hydrogen (secondary N) is 1. The molecule has 7 heteroatoms. The third-order valence-corrected chi connectivity index (χ3v) is 5.09. The van der Waals surface area contributed by atoms with Crippen molar-refractivity contribution in [1.82, 2.24) is 5.32 Å². The fourth-order valence-corrected chi connectivity index (χ4v) is 3.97. The van der Waals surface area contributed by atoms with Crippen LogP contribution >= 0.6 is 23.5 Å². The van der Waals surface area contributed by atoms with E-state index in [1.54, 1.807) is 12.1 Å². The molecule has 1 aliphatic heterocycles. The molecule has 2 rings (SSSR count). The van der Waals surface area contributed by atoms with Gasteiger partial charge >= 0.3 is 5.51 Å². The second-order valence-corrected chi connectivity index (χ2v) is 7.50. The minimum Gasteiger partial charge on any atom is -0.389 e. The maximum atomic E-state index is 12.2. The summed E-state index contributed by atoms with van der Waals surface area (Å²) in [5.41, 5.74) is -3.98. The van der Waals surface area contributed by atoms with E-state index >= 15 is 0 Å². The van der Waals surface area contributed by atoms with E-state index in [0.29, 0.717) is 13.1 Å². The summed E-state index contributed by atoms with van der Waals surface area (Å²) in [5, 5.41) is 13.5. The normalized spacial score (nSPS) is 18.7. The predicted molar refractivity (Wildman–Crippen MR) is 81.6 cm³/mol. The van der Waals surface area contributed by atoms with Gasteiger partial charge in [0.15, 0.2) is 0 Å². The summed E-state index contributed by atoms with van der Waals surface area (Å²) in [6.45, 7) is 1.07. The molecule has 1 fully saturated rings. The molecule has 21 heavy (non-hydrogen) atoms. The quantitative estimate of drug-likeness (QED) is 0.804. The Kier molecular flexibility index (Phi) is 5.88. The summed E-state index contributed by atoms with van der Waals surface area (Å²) in [5.74, 6) is 1.95. The summed E-state index contributed by atoms with van der Waals surface area (Å²) in [6.07, 6.45) is 1.57. The van der Waals surface area contributed by atoms with Gasteiger partial charge < -0.3 is 10.4 Å². The molecule has 1 saturated heterocycles. The van der Waals surface area contributed by atoms with E-state index < -0.39 is 11.1 Å². The predicted octanol–water partition coefficient (Wildman–Crippen LogP) is 3.65. The Morgan fingerprint density at radius 2 is 1.81 bits per heavy atom. The molecule has 0 spiro atoms. The van der Waals surface area contributed by atoms with Gasteiger partial charge in [-0.25, -0.2) is 0 Å². The Hall–Kier alpha value is -0.370. The molecule has 0 unspecified atom stereocenters. The van der Waals surface area contributed by atoms with Crippen molar-refractivity contribution >= 4 is 23.5 Å². The van der Waals surface area contributed by atoms with E-state index in [9.17, 15) is 18.3 Å². The van der Waals surface area contributed by atoms with Gasteiger partial charge in [-0.2, -0.15) is 24.9 Å². The molecular weight excluding hydrogens is 319 g/mol. The molecule has 0 bridgehead atoms. The molecule has 1 aromatic carbocycles. The maximum absolute atomic E-state index is 12.2. The lowest BCUT2D eigenvalue weighted by atomic mass is 9.97. The molecule has 2 nitrogen and oxygen atoms in total. The highest BCUT2D eigenvalue weighted by Crippen LogP contribution is 2.36. The Labute approximate surface area is 130 Å². The number of hydrogen-bond donors (Lipinski definition) is 2. The van der Waals surface area contributed by atoms with Gasteiger partial charge in [-0.3, -0.25) is 0 Å². The molecule has 0 radical (unpaired) electrons. The number of benzene rings is 1. The van der Waals surface area contributed by atoms with Gasteiger partial charge in [-0.15, -0.1) is 0 Å². The smallest absolute Gasteiger partial charge is 0.389 e. The molecule has 0 atom stereocenters. The van der Waals surface area contributed by atoms with Gasteiger partial charge in [0.2, 0.25) is 0 Å². The summed E-state index contributed by atoms with van der Waals surface area (Å²) in [4.78, 5) is 0.189. The lowest BCUT2D eigenvalue weighted by molar-refractivity contribution is -0.0328. The van der Waals surface area contributed by atoms with E-state index in [4.69, 9.17) is 0 Å². The zero-order valence-corrected chi connectivity index (χ0v) is 13.1. The van der Waals surface area contributed by atoms with Crippen molar-refractivity contribution in [2.75, 3.05) is 18.1 Å². The SMILES string of the molecule is OC1(CNCc2ccc(SC(F)(F)F)cc2)CCSCC1. The number of hydrogen-bond acceptors (Lipinski definition) is 4. The van der Waals surface area contributed by atoms with Gasteiger partial charge in [-0.1, -0.05) is 12.1 Å². The second kappa shape index (κ2) is 7.26. The Morgan fingerprint density at radius 3 is 2.38 bits per heavy atom. The summed E-state index contributed by atoms with van der Waals surface area (Å²) in [6, 6.07) is 6.31. The summed E-state index contributed by atoms with van der Waals surface area (Å²) in [7, 11) is 0. The molecule has 1 aliphatic rings. The van der Waals surface area contributed by atoms with E-state index in [1.165, 1.54) is 12.1 Å². The molecule has 0 amide bonds. The number of aliphatic hydroxyl groups is 1. The van der Waals surface area contributed by atoms with Gasteiger partial charge in [0.05, 0.1) is 5.60 Å². The average molecular weight is 337 g/mol. The summed E-state index contributed by atoms with van der Waals surface area (Å²) < 4.78 is 36.6. The Bertz CT molecular complexity index is 445. The molecule has 1 heterocycles. The van der Waals surface area contributed by atoms with Gasteiger partial charge in [-0.05, 0) is 53.8 Å². The second-order valence-electron chi connectivity index (χ2n) is 5.13. The van der Waals surface area contributed by atoms with Crippen LogP contribution in [0.1, 0.15) is 18.4 Å². The summed E-state index contributed by atoms with van der Waals surface area (Å²) >= 11 is 1.74. The van der Waals surface area contributed by atoms with Crippen LogP contribution in [-0.2, 0) is 6.54 Å². The third kappa shape index (κ3) is 6.10. The van der Waals surface area contributed by atoms with Crippen LogP contribution in [0.3, 0.4) is 0 Å². The van der Waals surface area contributed by atoms with Gasteiger partial charge in [0.1, 0.15) is 0 Å². The number of halogens is 3. The fourth-order valence-electron chi connectivity index (χ4n) is 2.18. The van der Waals surface area contributed by atoms with Crippen LogP contribution in [0.25, 0.3) is 0 Å². The molecule has 118 valence electrons. The Morgan fingerprint density at radius 1 is 1.19 bits per heavy atom. The number of alkyl halides is 3. The van der Waals surface area contributed by atoms with Crippen LogP contribution in [0.4, 0.5) is 13.2 Å². The Balaban J connectivity index is 1.78. The molecule has 2 N–H and O–H groups in total. The number of thioether (sulfide) groups is 2. The molecule has 1 aromatic rings. The highest BCUT2D eigenvalue weighted by molar-refractivity contribution is 8.00. The molecule has 0 aromatic heterocycles. The average Bonchev–Trinajstić information content (AvgIpc) is 2.40. The first-order valence-electron chi connectivity index (χ1n) is 6.72. The van der Waals surface area contributed by atoms with Crippen LogP contribution in [-0.4, -0.2) is 34.3 Å². The van der Waals surface area contributed by atoms with E-state index in [2.05, 4.69) is 5.32 Å². The van der Waals surface area contributed by atoms with Crippen molar-refractivity contribution in [2.24, 2.45) is 0 Å². The zero-order valence-electron chi connectivity index (χ0n) is 11.4. The first-order valence-corrected chi connectivity index (χ1v) is 8.69. The molecule has 0 aliphatic carbocycles. The first kappa shape index (κ1) is 17.0. The monoisotopic (exact) mass is 337 g/mol. The van der Waals surface area contributed by atoms with Crippen molar-refractivity contribution in [3.63, 3.8) is 0 Å². The van der Waals surface area contributed by atoms with Gasteiger partial charge in [0, 0.05) is 18.0 Å². The van der Waals surface area contributed by atoms with Crippen molar-refractivity contribution in [1.29, 1.82) is 0 Å². The topological polar surface area (TPSA) is 32.3 Å². The van der Waals surface area contributed by atoms with Crippen molar-refractivity contribution in [3.05, 3.63) is 29.8 Å². The van der Waals surface area contributed by atoms with E-state index in [0.717, 1.165) is 29.9 Å². The lowest BCUT2D eigenvalue weighted by Crippen LogP contribution is -2.43. The highest BCUT2D eigenvalue weighted by Gasteiger charge is 2.29. The lowest BCUT2D eigenvalue weighted by Gasteiger charge is -2.32. The van der Waals surface area contributed by atoms with Crippen molar-refractivity contribution < 1.29 is 18.3 Å². The van der Waals surface area contributed by atoms with Crippen LogP contribution in [0.15, 0.2) is 29.2 Å².